The minimum atomic E-state index is -4.89. The predicted octanol–water partition coefficient (Wildman–Crippen LogP) is 6.85. The number of alkyl halides is 3. The molecule has 1 atom stereocenters. The van der Waals surface area contributed by atoms with Crippen molar-refractivity contribution >= 4 is 50.7 Å². The summed E-state index contributed by atoms with van der Waals surface area (Å²) in [5.41, 5.74) is -0.309. The first-order valence-electron chi connectivity index (χ1n) is 13.5. The van der Waals surface area contributed by atoms with Gasteiger partial charge in [-0.15, -0.1) is 0 Å². The van der Waals surface area contributed by atoms with Crippen LogP contribution >= 0.6 is 23.2 Å². The van der Waals surface area contributed by atoms with Crippen LogP contribution in [-0.2, 0) is 32.3 Å². The van der Waals surface area contributed by atoms with E-state index < -0.39 is 56.9 Å². The lowest BCUT2D eigenvalue weighted by Gasteiger charge is -2.33. The summed E-state index contributed by atoms with van der Waals surface area (Å²) in [5.74, 6) is -1.24. The zero-order valence-corrected chi connectivity index (χ0v) is 26.1. The number of hydrogen-bond acceptors (Lipinski definition) is 4. The van der Waals surface area contributed by atoms with Crippen molar-refractivity contribution in [2.75, 3.05) is 17.4 Å². The molecular formula is C30H32Cl2F3N3O4S. The number of carbonyl (C=O) groups is 2. The van der Waals surface area contributed by atoms with Gasteiger partial charge < -0.3 is 10.2 Å². The van der Waals surface area contributed by atoms with E-state index in [9.17, 15) is 31.2 Å². The predicted molar refractivity (Wildman–Crippen MR) is 162 cm³/mol. The normalized spacial score (nSPS) is 12.5. The van der Waals surface area contributed by atoms with Crippen LogP contribution in [0.5, 0.6) is 0 Å². The fraction of sp³-hybridized carbons (Fsp3) is 0.333. The number of benzene rings is 3. The Bertz CT molecular complexity index is 1530. The molecule has 232 valence electrons. The van der Waals surface area contributed by atoms with Crippen LogP contribution in [-0.4, -0.2) is 44.3 Å². The summed E-state index contributed by atoms with van der Waals surface area (Å²) in [5, 5.41) is 2.59. The molecule has 0 aliphatic heterocycles. The van der Waals surface area contributed by atoms with E-state index in [0.717, 1.165) is 17.7 Å². The topological polar surface area (TPSA) is 86.8 Å². The lowest BCUT2D eigenvalue weighted by atomic mass is 10.1. The molecule has 0 aliphatic carbocycles. The van der Waals surface area contributed by atoms with Gasteiger partial charge in [-0.2, -0.15) is 13.2 Å². The van der Waals surface area contributed by atoms with Crippen LogP contribution in [0.25, 0.3) is 0 Å². The van der Waals surface area contributed by atoms with Crippen LogP contribution in [0.1, 0.15) is 43.4 Å². The third-order valence-electron chi connectivity index (χ3n) is 6.63. The highest BCUT2D eigenvalue weighted by Gasteiger charge is 2.37. The van der Waals surface area contributed by atoms with E-state index >= 15 is 0 Å². The second-order valence-corrected chi connectivity index (χ2v) is 12.6. The van der Waals surface area contributed by atoms with Gasteiger partial charge in [0.25, 0.3) is 10.0 Å². The summed E-state index contributed by atoms with van der Waals surface area (Å²) in [6, 6.07) is 13.9. The van der Waals surface area contributed by atoms with Gasteiger partial charge in [0, 0.05) is 18.1 Å². The molecule has 0 radical (unpaired) electrons. The summed E-state index contributed by atoms with van der Waals surface area (Å²) in [4.78, 5) is 28.1. The van der Waals surface area contributed by atoms with Crippen molar-refractivity contribution in [3.05, 3.63) is 93.5 Å². The molecule has 13 heteroatoms. The number of rotatable bonds is 12. The summed E-state index contributed by atoms with van der Waals surface area (Å²) >= 11 is 11.8. The van der Waals surface area contributed by atoms with Gasteiger partial charge in [-0.25, -0.2) is 8.42 Å². The van der Waals surface area contributed by atoms with Crippen molar-refractivity contribution in [2.24, 2.45) is 0 Å². The Hall–Kier alpha value is -3.28. The van der Waals surface area contributed by atoms with Crippen molar-refractivity contribution in [3.8, 4) is 0 Å². The maximum Gasteiger partial charge on any atom is 0.417 e. The average molecular weight is 659 g/mol. The monoisotopic (exact) mass is 657 g/mol. The standard InChI is InChI=1S/C30H32Cl2F3N3O4S/c1-4-16-36-29(40)27(5-2)37(18-21-8-10-22(31)11-9-21)28(39)19-38(43(41,42)24-13-6-20(3)7-14-24)23-12-15-26(32)25(17-23)30(33,34)35/h6-15,17,27H,4-5,16,18-19H2,1-3H3,(H,36,40)/t27-/m0/s1. The van der Waals surface area contributed by atoms with E-state index in [-0.39, 0.29) is 17.9 Å². The molecule has 0 aromatic heterocycles. The van der Waals surface area contributed by atoms with E-state index in [2.05, 4.69) is 5.32 Å². The smallest absolute Gasteiger partial charge is 0.354 e. The Kier molecular flexibility index (Phi) is 11.5. The highest BCUT2D eigenvalue weighted by atomic mass is 35.5. The van der Waals surface area contributed by atoms with E-state index in [0.29, 0.717) is 33.9 Å². The van der Waals surface area contributed by atoms with Crippen LogP contribution in [0.4, 0.5) is 18.9 Å². The number of nitrogens with one attached hydrogen (secondary N) is 1. The molecule has 0 aliphatic rings. The van der Waals surface area contributed by atoms with Crippen molar-refractivity contribution in [1.82, 2.24) is 10.2 Å². The summed E-state index contributed by atoms with van der Waals surface area (Å²) in [6.45, 7) is 4.70. The molecule has 3 aromatic rings. The van der Waals surface area contributed by atoms with Crippen molar-refractivity contribution < 1.29 is 31.2 Å². The number of anilines is 1. The Morgan fingerprint density at radius 3 is 2.14 bits per heavy atom. The van der Waals surface area contributed by atoms with Gasteiger partial charge >= 0.3 is 6.18 Å². The Balaban J connectivity index is 2.14. The quantitative estimate of drug-likeness (QED) is 0.231. The van der Waals surface area contributed by atoms with Crippen LogP contribution in [0.15, 0.2) is 71.6 Å². The second kappa shape index (κ2) is 14.5. The minimum Gasteiger partial charge on any atom is -0.354 e. The zero-order chi connectivity index (χ0) is 31.9. The van der Waals surface area contributed by atoms with E-state index in [4.69, 9.17) is 23.2 Å². The molecule has 2 amide bonds. The average Bonchev–Trinajstić information content (AvgIpc) is 2.95. The first kappa shape index (κ1) is 34.2. The molecule has 1 N–H and O–H groups in total. The highest BCUT2D eigenvalue weighted by molar-refractivity contribution is 7.92. The molecule has 0 bridgehead atoms. The number of carbonyl (C=O) groups excluding carboxylic acids is 2. The molecule has 0 saturated heterocycles. The van der Waals surface area contributed by atoms with E-state index in [1.54, 1.807) is 38.1 Å². The number of hydrogen-bond donors (Lipinski definition) is 1. The third kappa shape index (κ3) is 8.64. The Morgan fingerprint density at radius 1 is 0.953 bits per heavy atom. The lowest BCUT2D eigenvalue weighted by Crippen LogP contribution is -2.52. The summed E-state index contributed by atoms with van der Waals surface area (Å²) in [7, 11) is -4.56. The highest BCUT2D eigenvalue weighted by Crippen LogP contribution is 2.38. The van der Waals surface area contributed by atoms with E-state index in [1.807, 2.05) is 6.92 Å². The van der Waals surface area contributed by atoms with Crippen LogP contribution in [0.2, 0.25) is 10.0 Å². The van der Waals surface area contributed by atoms with Gasteiger partial charge in [0.15, 0.2) is 0 Å². The largest absolute Gasteiger partial charge is 0.417 e. The molecule has 0 heterocycles. The number of sulfonamides is 1. The molecule has 0 unspecified atom stereocenters. The zero-order valence-electron chi connectivity index (χ0n) is 23.8. The molecule has 3 aromatic carbocycles. The van der Waals surface area contributed by atoms with Crippen LogP contribution < -0.4 is 9.62 Å². The van der Waals surface area contributed by atoms with Gasteiger partial charge in [0.1, 0.15) is 12.6 Å². The third-order valence-corrected chi connectivity index (χ3v) is 9.00. The second-order valence-electron chi connectivity index (χ2n) is 9.85. The van der Waals surface area contributed by atoms with Gasteiger partial charge in [0.05, 0.1) is 21.2 Å². The number of aryl methyl sites for hydroxylation is 1. The van der Waals surface area contributed by atoms with Gasteiger partial charge in [-0.05, 0) is 67.8 Å². The molecule has 7 nitrogen and oxygen atoms in total. The first-order chi connectivity index (χ1) is 20.2. The SMILES string of the molecule is CCCNC(=O)[C@H](CC)N(Cc1ccc(Cl)cc1)C(=O)CN(c1ccc(Cl)c(C(F)(F)F)c1)S(=O)(=O)c1ccc(C)cc1. The first-order valence-corrected chi connectivity index (χ1v) is 15.7. The summed E-state index contributed by atoms with van der Waals surface area (Å²) < 4.78 is 69.8. The molecule has 0 saturated carbocycles. The maximum atomic E-state index is 14.0. The van der Waals surface area contributed by atoms with Crippen molar-refractivity contribution in [1.29, 1.82) is 0 Å². The van der Waals surface area contributed by atoms with Gasteiger partial charge in [-0.3, -0.25) is 13.9 Å². The van der Waals surface area contributed by atoms with Gasteiger partial charge in [-0.1, -0.05) is 66.9 Å². The van der Waals surface area contributed by atoms with Crippen LogP contribution in [0.3, 0.4) is 0 Å². The fourth-order valence-corrected chi connectivity index (χ4v) is 6.08. The number of halogens is 5. The van der Waals surface area contributed by atoms with E-state index in [1.165, 1.54) is 29.2 Å². The summed E-state index contributed by atoms with van der Waals surface area (Å²) in [6.07, 6.45) is -4.05. The van der Waals surface area contributed by atoms with Crippen LogP contribution in [0, 0.1) is 6.92 Å². The number of amides is 2. The van der Waals surface area contributed by atoms with Gasteiger partial charge in [0.2, 0.25) is 11.8 Å². The molecular weight excluding hydrogens is 626 g/mol. The maximum absolute atomic E-state index is 14.0. The van der Waals surface area contributed by atoms with Crippen molar-refractivity contribution in [2.45, 2.75) is 57.3 Å². The lowest BCUT2D eigenvalue weighted by molar-refractivity contribution is -0.140. The molecule has 0 spiro atoms. The fourth-order valence-electron chi connectivity index (χ4n) is 4.32. The Labute approximate surface area is 259 Å². The molecule has 0 fully saturated rings. The van der Waals surface area contributed by atoms with Crippen molar-refractivity contribution in [3.63, 3.8) is 0 Å². The Morgan fingerprint density at radius 2 is 1.58 bits per heavy atom. The number of nitrogens with zero attached hydrogens (tertiary/aromatic N) is 2. The molecule has 3 rings (SSSR count). The molecule has 43 heavy (non-hydrogen) atoms. The minimum absolute atomic E-state index is 0.0824.